The first-order valence-corrected chi connectivity index (χ1v) is 7.00. The van der Waals surface area contributed by atoms with Gasteiger partial charge >= 0.3 is 0 Å². The fraction of sp³-hybridized carbons (Fsp3) is 0.333. The molecule has 0 aliphatic carbocycles. The van der Waals surface area contributed by atoms with Crippen LogP contribution in [0.5, 0.6) is 5.75 Å². The van der Waals surface area contributed by atoms with E-state index in [0.29, 0.717) is 6.61 Å². The van der Waals surface area contributed by atoms with E-state index in [0.717, 1.165) is 11.3 Å². The average molecular weight is 269 g/mol. The van der Waals surface area contributed by atoms with Crippen LogP contribution in [0, 0.1) is 27.7 Å². The quantitative estimate of drug-likeness (QED) is 0.910. The summed E-state index contributed by atoms with van der Waals surface area (Å²) >= 11 is 0. The second-order valence-corrected chi connectivity index (χ2v) is 5.54. The molecule has 0 spiro atoms. The minimum absolute atomic E-state index is 0.103. The van der Waals surface area contributed by atoms with Crippen molar-refractivity contribution in [3.8, 4) is 5.75 Å². The van der Waals surface area contributed by atoms with Gasteiger partial charge in [-0.3, -0.25) is 0 Å². The first-order chi connectivity index (χ1) is 9.47. The molecule has 0 radical (unpaired) electrons. The number of benzene rings is 2. The number of hydrogen-bond acceptors (Lipinski definition) is 2. The van der Waals surface area contributed by atoms with Crippen LogP contribution < -0.4 is 10.5 Å². The number of aryl methyl sites for hydroxylation is 3. The van der Waals surface area contributed by atoms with E-state index >= 15 is 0 Å². The SMILES string of the molecule is Cc1cc(C)cc(C(N)COc2cccc(C)c2C)c1. The Kier molecular flexibility index (Phi) is 4.46. The van der Waals surface area contributed by atoms with Crippen LogP contribution in [0.25, 0.3) is 0 Å². The molecule has 0 bridgehead atoms. The highest BCUT2D eigenvalue weighted by atomic mass is 16.5. The lowest BCUT2D eigenvalue weighted by Crippen LogP contribution is -2.19. The van der Waals surface area contributed by atoms with E-state index in [-0.39, 0.29) is 6.04 Å². The molecule has 0 fully saturated rings. The van der Waals surface area contributed by atoms with Gasteiger partial charge in [0, 0.05) is 0 Å². The molecule has 2 rings (SSSR count). The van der Waals surface area contributed by atoms with Crippen LogP contribution >= 0.6 is 0 Å². The van der Waals surface area contributed by atoms with Gasteiger partial charge in [0.15, 0.2) is 0 Å². The highest BCUT2D eigenvalue weighted by molar-refractivity contribution is 5.38. The maximum absolute atomic E-state index is 6.24. The van der Waals surface area contributed by atoms with Crippen LogP contribution in [0.2, 0.25) is 0 Å². The predicted molar refractivity (Wildman–Crippen MR) is 84.3 cm³/mol. The van der Waals surface area contributed by atoms with Crippen molar-refractivity contribution in [3.63, 3.8) is 0 Å². The topological polar surface area (TPSA) is 35.2 Å². The molecule has 0 heterocycles. The van der Waals surface area contributed by atoms with E-state index in [1.165, 1.54) is 22.3 Å². The zero-order valence-corrected chi connectivity index (χ0v) is 12.7. The van der Waals surface area contributed by atoms with Gasteiger partial charge < -0.3 is 10.5 Å². The van der Waals surface area contributed by atoms with Gasteiger partial charge in [0.2, 0.25) is 0 Å². The monoisotopic (exact) mass is 269 g/mol. The van der Waals surface area contributed by atoms with Gasteiger partial charge in [0.05, 0.1) is 6.04 Å². The van der Waals surface area contributed by atoms with Crippen LogP contribution in [0.15, 0.2) is 36.4 Å². The summed E-state index contributed by atoms with van der Waals surface area (Å²) in [4.78, 5) is 0. The molecular weight excluding hydrogens is 246 g/mol. The van der Waals surface area contributed by atoms with Gasteiger partial charge in [0.25, 0.3) is 0 Å². The Hall–Kier alpha value is -1.80. The van der Waals surface area contributed by atoms with Gasteiger partial charge in [0.1, 0.15) is 12.4 Å². The van der Waals surface area contributed by atoms with E-state index in [2.05, 4.69) is 52.0 Å². The van der Waals surface area contributed by atoms with Crippen molar-refractivity contribution in [3.05, 3.63) is 64.2 Å². The molecular formula is C18H23NO. The Morgan fingerprint density at radius 3 is 2.30 bits per heavy atom. The minimum Gasteiger partial charge on any atom is -0.491 e. The second-order valence-electron chi connectivity index (χ2n) is 5.54. The normalized spacial score (nSPS) is 12.2. The fourth-order valence-electron chi connectivity index (χ4n) is 2.38. The van der Waals surface area contributed by atoms with Crippen molar-refractivity contribution in [1.82, 2.24) is 0 Å². The Bertz CT molecular complexity index is 584. The summed E-state index contributed by atoms with van der Waals surface area (Å²) in [6.07, 6.45) is 0. The van der Waals surface area contributed by atoms with E-state index < -0.39 is 0 Å². The van der Waals surface area contributed by atoms with Crippen molar-refractivity contribution in [2.24, 2.45) is 5.73 Å². The largest absolute Gasteiger partial charge is 0.491 e. The first kappa shape index (κ1) is 14.6. The van der Waals surface area contributed by atoms with Crippen molar-refractivity contribution >= 4 is 0 Å². The van der Waals surface area contributed by atoms with E-state index in [9.17, 15) is 0 Å². The average Bonchev–Trinajstić information content (AvgIpc) is 2.39. The summed E-state index contributed by atoms with van der Waals surface area (Å²) in [7, 11) is 0. The zero-order valence-electron chi connectivity index (χ0n) is 12.7. The minimum atomic E-state index is -0.103. The molecule has 1 unspecified atom stereocenters. The molecule has 0 amide bonds. The first-order valence-electron chi connectivity index (χ1n) is 7.00. The van der Waals surface area contributed by atoms with Crippen molar-refractivity contribution in [2.45, 2.75) is 33.7 Å². The molecule has 2 N–H and O–H groups in total. The summed E-state index contributed by atoms with van der Waals surface area (Å²) in [6.45, 7) is 8.84. The van der Waals surface area contributed by atoms with Crippen molar-refractivity contribution in [1.29, 1.82) is 0 Å². The molecule has 0 aromatic heterocycles. The molecule has 2 heteroatoms. The van der Waals surface area contributed by atoms with E-state index in [1.807, 2.05) is 12.1 Å². The number of hydrogen-bond donors (Lipinski definition) is 1. The summed E-state index contributed by atoms with van der Waals surface area (Å²) in [5, 5.41) is 0. The van der Waals surface area contributed by atoms with Crippen LogP contribution in [-0.2, 0) is 0 Å². The molecule has 20 heavy (non-hydrogen) atoms. The summed E-state index contributed by atoms with van der Waals surface area (Å²) in [5.74, 6) is 0.921. The summed E-state index contributed by atoms with van der Waals surface area (Å²) < 4.78 is 5.89. The Labute approximate surface area is 121 Å². The maximum Gasteiger partial charge on any atom is 0.122 e. The Morgan fingerprint density at radius 2 is 1.65 bits per heavy atom. The summed E-state index contributed by atoms with van der Waals surface area (Å²) in [6, 6.07) is 12.4. The van der Waals surface area contributed by atoms with Crippen LogP contribution in [0.3, 0.4) is 0 Å². The van der Waals surface area contributed by atoms with Crippen molar-refractivity contribution < 1.29 is 4.74 Å². The van der Waals surface area contributed by atoms with Gasteiger partial charge in [-0.05, 0) is 50.5 Å². The molecule has 1 atom stereocenters. The third-order valence-corrected chi connectivity index (χ3v) is 3.65. The van der Waals surface area contributed by atoms with Crippen molar-refractivity contribution in [2.75, 3.05) is 6.61 Å². The third-order valence-electron chi connectivity index (χ3n) is 3.65. The zero-order chi connectivity index (χ0) is 14.7. The van der Waals surface area contributed by atoms with E-state index in [4.69, 9.17) is 10.5 Å². The third kappa shape index (κ3) is 3.40. The van der Waals surface area contributed by atoms with Crippen LogP contribution in [-0.4, -0.2) is 6.61 Å². The second kappa shape index (κ2) is 6.10. The Morgan fingerprint density at radius 1 is 1.00 bits per heavy atom. The lowest BCUT2D eigenvalue weighted by Gasteiger charge is -2.16. The standard InChI is InChI=1S/C18H23NO/c1-12-8-13(2)10-16(9-12)17(19)11-20-18-7-5-6-14(3)15(18)4/h5-10,17H,11,19H2,1-4H3. The number of rotatable bonds is 4. The predicted octanol–water partition coefficient (Wildman–Crippen LogP) is 4.00. The lowest BCUT2D eigenvalue weighted by atomic mass is 10.0. The molecule has 0 aliphatic rings. The van der Waals surface area contributed by atoms with Gasteiger partial charge in [-0.1, -0.05) is 41.5 Å². The lowest BCUT2D eigenvalue weighted by molar-refractivity contribution is 0.288. The highest BCUT2D eigenvalue weighted by Crippen LogP contribution is 2.22. The fourth-order valence-corrected chi connectivity index (χ4v) is 2.38. The van der Waals surface area contributed by atoms with Crippen LogP contribution in [0.1, 0.15) is 33.9 Å². The summed E-state index contributed by atoms with van der Waals surface area (Å²) in [5.41, 5.74) is 12.3. The van der Waals surface area contributed by atoms with Gasteiger partial charge in [-0.15, -0.1) is 0 Å². The molecule has 2 nitrogen and oxygen atoms in total. The highest BCUT2D eigenvalue weighted by Gasteiger charge is 2.09. The molecule has 2 aromatic rings. The van der Waals surface area contributed by atoms with Gasteiger partial charge in [-0.25, -0.2) is 0 Å². The molecule has 0 aliphatic heterocycles. The maximum atomic E-state index is 6.24. The van der Waals surface area contributed by atoms with Gasteiger partial charge in [-0.2, -0.15) is 0 Å². The number of nitrogens with two attached hydrogens (primary N) is 1. The molecule has 106 valence electrons. The Balaban J connectivity index is 2.08. The van der Waals surface area contributed by atoms with E-state index in [1.54, 1.807) is 0 Å². The molecule has 0 saturated carbocycles. The van der Waals surface area contributed by atoms with Crippen LogP contribution in [0.4, 0.5) is 0 Å². The molecule has 2 aromatic carbocycles. The smallest absolute Gasteiger partial charge is 0.122 e. The number of ether oxygens (including phenoxy) is 1. The molecule has 0 saturated heterocycles.